The summed E-state index contributed by atoms with van der Waals surface area (Å²) in [4.78, 5) is 0. The van der Waals surface area contributed by atoms with Gasteiger partial charge in [0.15, 0.2) is 0 Å². The summed E-state index contributed by atoms with van der Waals surface area (Å²) < 4.78 is 18.7. The van der Waals surface area contributed by atoms with Crippen LogP contribution in [-0.4, -0.2) is 0 Å². The van der Waals surface area contributed by atoms with E-state index in [1.807, 2.05) is 0 Å². The fourth-order valence-electron chi connectivity index (χ4n) is 1.45. The number of ether oxygens (including phenoxy) is 1. The van der Waals surface area contributed by atoms with Crippen molar-refractivity contribution in [3.63, 3.8) is 0 Å². The fourth-order valence-corrected chi connectivity index (χ4v) is 1.87. The maximum Gasteiger partial charge on any atom is 0.142 e. The van der Waals surface area contributed by atoms with Crippen LogP contribution in [0, 0.1) is 5.82 Å². The second-order valence-corrected chi connectivity index (χ2v) is 4.48. The molecule has 0 spiro atoms. The Morgan fingerprint density at radius 1 is 1.17 bits per heavy atom. The van der Waals surface area contributed by atoms with Gasteiger partial charge in [-0.3, -0.25) is 0 Å². The molecule has 0 aliphatic rings. The van der Waals surface area contributed by atoms with Crippen molar-refractivity contribution < 1.29 is 9.13 Å². The molecule has 2 N–H and O–H groups in total. The molecule has 18 heavy (non-hydrogen) atoms. The van der Waals surface area contributed by atoms with E-state index < -0.39 is 5.82 Å². The Kier molecular flexibility index (Phi) is 3.94. The third-order valence-corrected chi connectivity index (χ3v) is 3.09. The largest absolute Gasteiger partial charge is 0.487 e. The average molecular weight is 286 g/mol. The van der Waals surface area contributed by atoms with E-state index in [2.05, 4.69) is 0 Å². The van der Waals surface area contributed by atoms with Gasteiger partial charge in [-0.25, -0.2) is 4.39 Å². The van der Waals surface area contributed by atoms with Gasteiger partial charge < -0.3 is 10.5 Å². The first-order valence-electron chi connectivity index (χ1n) is 5.18. The summed E-state index contributed by atoms with van der Waals surface area (Å²) in [6.45, 7) is 0.139. The molecule has 2 nitrogen and oxygen atoms in total. The summed E-state index contributed by atoms with van der Waals surface area (Å²) in [6, 6.07) is 9.48. The molecule has 0 saturated carbocycles. The summed E-state index contributed by atoms with van der Waals surface area (Å²) in [7, 11) is 0. The average Bonchev–Trinajstić information content (AvgIpc) is 2.33. The van der Waals surface area contributed by atoms with Crippen LogP contribution < -0.4 is 10.5 Å². The molecule has 5 heteroatoms. The zero-order valence-corrected chi connectivity index (χ0v) is 10.8. The summed E-state index contributed by atoms with van der Waals surface area (Å²) in [5.41, 5.74) is 6.68. The first-order chi connectivity index (χ1) is 8.58. The molecule has 0 bridgehead atoms. The molecule has 0 fully saturated rings. The topological polar surface area (TPSA) is 35.2 Å². The van der Waals surface area contributed by atoms with Gasteiger partial charge in [-0.1, -0.05) is 35.3 Å². The number of anilines is 1. The number of hydrogen-bond donors (Lipinski definition) is 1. The van der Waals surface area contributed by atoms with Crippen LogP contribution in [0.5, 0.6) is 5.75 Å². The van der Waals surface area contributed by atoms with Crippen LogP contribution in [0.4, 0.5) is 10.1 Å². The van der Waals surface area contributed by atoms with Gasteiger partial charge in [0.2, 0.25) is 0 Å². The Hall–Kier alpha value is -1.45. The standard InChI is InChI=1S/C13H10Cl2FNO/c14-10-6-9(17)4-5-12(10)18-7-8-2-1-3-11(16)13(8)15/h1-6H,7,17H2. The number of rotatable bonds is 3. The molecule has 2 aromatic rings. The van der Waals surface area contributed by atoms with Crippen molar-refractivity contribution >= 4 is 28.9 Å². The second kappa shape index (κ2) is 5.46. The number of nitrogen functional groups attached to an aromatic ring is 1. The molecule has 2 aromatic carbocycles. The molecule has 0 atom stereocenters. The molecule has 94 valence electrons. The Morgan fingerprint density at radius 3 is 2.67 bits per heavy atom. The highest BCUT2D eigenvalue weighted by Gasteiger charge is 2.07. The molecule has 0 heterocycles. The lowest BCUT2D eigenvalue weighted by atomic mass is 10.2. The lowest BCUT2D eigenvalue weighted by molar-refractivity contribution is 0.306. The van der Waals surface area contributed by atoms with Crippen LogP contribution in [0.2, 0.25) is 10.0 Å². The normalized spacial score (nSPS) is 10.4. The lowest BCUT2D eigenvalue weighted by Gasteiger charge is -2.10. The minimum atomic E-state index is -0.471. The van der Waals surface area contributed by atoms with Crippen molar-refractivity contribution in [3.8, 4) is 5.75 Å². The Labute approximate surface area is 114 Å². The zero-order valence-electron chi connectivity index (χ0n) is 9.29. The van der Waals surface area contributed by atoms with Crippen molar-refractivity contribution in [3.05, 3.63) is 57.8 Å². The van der Waals surface area contributed by atoms with Crippen molar-refractivity contribution in [2.45, 2.75) is 6.61 Å². The van der Waals surface area contributed by atoms with Gasteiger partial charge in [-0.2, -0.15) is 0 Å². The molecule has 0 aliphatic heterocycles. The third-order valence-electron chi connectivity index (χ3n) is 2.37. The fraction of sp³-hybridized carbons (Fsp3) is 0.0769. The van der Waals surface area contributed by atoms with E-state index in [0.29, 0.717) is 22.0 Å². The third kappa shape index (κ3) is 2.86. The Balaban J connectivity index is 2.14. The van der Waals surface area contributed by atoms with Crippen LogP contribution >= 0.6 is 23.2 Å². The molecule has 0 radical (unpaired) electrons. The summed E-state index contributed by atoms with van der Waals surface area (Å²) in [6.07, 6.45) is 0. The Bertz CT molecular complexity index is 575. The number of benzene rings is 2. The van der Waals surface area contributed by atoms with Crippen LogP contribution in [0.1, 0.15) is 5.56 Å². The Morgan fingerprint density at radius 2 is 1.94 bits per heavy atom. The van der Waals surface area contributed by atoms with Crippen molar-refractivity contribution in [1.29, 1.82) is 0 Å². The van der Waals surface area contributed by atoms with E-state index in [1.54, 1.807) is 30.3 Å². The number of hydrogen-bond acceptors (Lipinski definition) is 2. The molecule has 0 saturated heterocycles. The predicted octanol–water partition coefficient (Wildman–Crippen LogP) is 4.29. The molecule has 0 unspecified atom stereocenters. The van der Waals surface area contributed by atoms with Gasteiger partial charge in [-0.05, 0) is 24.3 Å². The van der Waals surface area contributed by atoms with E-state index >= 15 is 0 Å². The highest BCUT2D eigenvalue weighted by Crippen LogP contribution is 2.28. The van der Waals surface area contributed by atoms with Crippen molar-refractivity contribution in [1.82, 2.24) is 0 Å². The minimum absolute atomic E-state index is 0.0593. The summed E-state index contributed by atoms with van der Waals surface area (Å²) in [5.74, 6) is 0.00682. The van der Waals surface area contributed by atoms with Gasteiger partial charge in [0.05, 0.1) is 10.0 Å². The van der Waals surface area contributed by atoms with Gasteiger partial charge in [0.25, 0.3) is 0 Å². The maximum absolute atomic E-state index is 13.2. The summed E-state index contributed by atoms with van der Waals surface area (Å²) in [5, 5.41) is 0.464. The van der Waals surface area contributed by atoms with Crippen molar-refractivity contribution in [2.75, 3.05) is 5.73 Å². The monoisotopic (exact) mass is 285 g/mol. The van der Waals surface area contributed by atoms with Crippen LogP contribution in [0.25, 0.3) is 0 Å². The zero-order chi connectivity index (χ0) is 13.1. The molecule has 0 aromatic heterocycles. The van der Waals surface area contributed by atoms with Gasteiger partial charge >= 0.3 is 0 Å². The molecular weight excluding hydrogens is 276 g/mol. The smallest absolute Gasteiger partial charge is 0.142 e. The maximum atomic E-state index is 13.2. The molecule has 0 aliphatic carbocycles. The quantitative estimate of drug-likeness (QED) is 0.854. The minimum Gasteiger partial charge on any atom is -0.487 e. The van der Waals surface area contributed by atoms with Gasteiger partial charge in [-0.15, -0.1) is 0 Å². The first kappa shape index (κ1) is 13.0. The molecule has 0 amide bonds. The van der Waals surface area contributed by atoms with E-state index in [-0.39, 0.29) is 11.6 Å². The lowest BCUT2D eigenvalue weighted by Crippen LogP contribution is -1.98. The number of halogens is 3. The number of nitrogens with two attached hydrogens (primary N) is 1. The highest BCUT2D eigenvalue weighted by atomic mass is 35.5. The predicted molar refractivity (Wildman–Crippen MR) is 71.6 cm³/mol. The van der Waals surface area contributed by atoms with Gasteiger partial charge in [0, 0.05) is 11.3 Å². The van der Waals surface area contributed by atoms with E-state index in [0.717, 1.165) is 0 Å². The summed E-state index contributed by atoms with van der Waals surface area (Å²) >= 11 is 11.8. The second-order valence-electron chi connectivity index (χ2n) is 3.69. The molecule has 2 rings (SSSR count). The SMILES string of the molecule is Nc1ccc(OCc2cccc(F)c2Cl)c(Cl)c1. The van der Waals surface area contributed by atoms with Gasteiger partial charge in [0.1, 0.15) is 18.2 Å². The van der Waals surface area contributed by atoms with Crippen LogP contribution in [0.3, 0.4) is 0 Å². The first-order valence-corrected chi connectivity index (χ1v) is 5.94. The van der Waals surface area contributed by atoms with Crippen molar-refractivity contribution in [2.24, 2.45) is 0 Å². The van der Waals surface area contributed by atoms with E-state index in [9.17, 15) is 4.39 Å². The van der Waals surface area contributed by atoms with Crippen LogP contribution in [-0.2, 0) is 6.61 Å². The van der Waals surface area contributed by atoms with E-state index in [1.165, 1.54) is 6.07 Å². The van der Waals surface area contributed by atoms with Crippen LogP contribution in [0.15, 0.2) is 36.4 Å². The van der Waals surface area contributed by atoms with E-state index in [4.69, 9.17) is 33.7 Å². The molecular formula is C13H10Cl2FNO. The highest BCUT2D eigenvalue weighted by molar-refractivity contribution is 6.32.